The van der Waals surface area contributed by atoms with Crippen molar-refractivity contribution in [1.29, 1.82) is 0 Å². The number of carbonyl (C=O) groups excluding carboxylic acids is 2. The van der Waals surface area contributed by atoms with Gasteiger partial charge in [0.15, 0.2) is 0 Å². The molecule has 0 spiro atoms. The van der Waals surface area contributed by atoms with Crippen molar-refractivity contribution in [3.8, 4) is 17.0 Å². The van der Waals surface area contributed by atoms with Crippen molar-refractivity contribution < 1.29 is 19.4 Å². The quantitative estimate of drug-likeness (QED) is 0.533. The van der Waals surface area contributed by atoms with E-state index in [0.717, 1.165) is 11.1 Å². The zero-order chi connectivity index (χ0) is 25.7. The third kappa shape index (κ3) is 5.65. The number of aromatic nitrogens is 4. The first-order valence-corrected chi connectivity index (χ1v) is 11.8. The second kappa shape index (κ2) is 11.2. The Bertz CT molecular complexity index is 1190. The standard InChI is InChI=1S/C26H30N6O4/c1-17-13-32(18(2)15-33)26(35)22-8-20(21-10-28-16-29-11-21)12-30-25(22)36-23(17)14-31(3)24(34)7-19-5-4-6-27-9-19/h4-6,8-12,16-18,23,33H,7,13-15H2,1-3H3/t17-,18+,23+/m0/s1. The summed E-state index contributed by atoms with van der Waals surface area (Å²) in [5.74, 6) is -0.275. The van der Waals surface area contributed by atoms with Crippen LogP contribution in [0, 0.1) is 5.92 Å². The molecule has 4 rings (SSSR count). The number of nitrogens with zero attached hydrogens (tertiary/aromatic N) is 6. The first kappa shape index (κ1) is 25.2. The van der Waals surface area contributed by atoms with Crippen molar-refractivity contribution >= 4 is 11.8 Å². The lowest BCUT2D eigenvalue weighted by molar-refractivity contribution is -0.130. The smallest absolute Gasteiger partial charge is 0.259 e. The van der Waals surface area contributed by atoms with Gasteiger partial charge in [0, 0.05) is 61.6 Å². The molecule has 0 fully saturated rings. The topological polar surface area (TPSA) is 122 Å². The highest BCUT2D eigenvalue weighted by Gasteiger charge is 2.34. The van der Waals surface area contributed by atoms with Crippen LogP contribution in [0.3, 0.4) is 0 Å². The lowest BCUT2D eigenvalue weighted by Crippen LogP contribution is -2.50. The van der Waals surface area contributed by atoms with E-state index in [1.54, 1.807) is 66.9 Å². The summed E-state index contributed by atoms with van der Waals surface area (Å²) in [6, 6.07) is 4.98. The normalized spacial score (nSPS) is 18.4. The number of rotatable bonds is 7. The number of aliphatic hydroxyl groups excluding tert-OH is 1. The molecule has 0 radical (unpaired) electrons. The van der Waals surface area contributed by atoms with Gasteiger partial charge in [0.1, 0.15) is 18.0 Å². The van der Waals surface area contributed by atoms with Crippen LogP contribution in [0.15, 0.2) is 55.5 Å². The van der Waals surface area contributed by atoms with Gasteiger partial charge in [-0.1, -0.05) is 13.0 Å². The highest BCUT2D eigenvalue weighted by molar-refractivity contribution is 5.98. The largest absolute Gasteiger partial charge is 0.472 e. The van der Waals surface area contributed by atoms with Crippen LogP contribution in [0.25, 0.3) is 11.1 Å². The average Bonchev–Trinajstić information content (AvgIpc) is 2.91. The van der Waals surface area contributed by atoms with E-state index in [4.69, 9.17) is 4.74 Å². The maximum absolute atomic E-state index is 13.6. The third-order valence-electron chi connectivity index (χ3n) is 6.37. The molecule has 10 nitrogen and oxygen atoms in total. The fourth-order valence-corrected chi connectivity index (χ4v) is 4.11. The summed E-state index contributed by atoms with van der Waals surface area (Å²) in [6.45, 7) is 4.25. The molecule has 3 aromatic rings. The van der Waals surface area contributed by atoms with E-state index in [2.05, 4.69) is 19.9 Å². The van der Waals surface area contributed by atoms with E-state index in [1.807, 2.05) is 13.0 Å². The summed E-state index contributed by atoms with van der Waals surface area (Å²) in [6.07, 6.45) is 9.49. The lowest BCUT2D eigenvalue weighted by atomic mass is 9.99. The molecule has 188 valence electrons. The summed E-state index contributed by atoms with van der Waals surface area (Å²) < 4.78 is 6.28. The molecule has 0 saturated carbocycles. The number of fused-ring (bicyclic) bond motifs is 1. The Morgan fingerprint density at radius 2 is 2.00 bits per heavy atom. The Balaban J connectivity index is 1.62. The summed E-state index contributed by atoms with van der Waals surface area (Å²) in [4.78, 5) is 46.3. The molecular weight excluding hydrogens is 460 g/mol. The molecule has 0 aliphatic carbocycles. The van der Waals surface area contributed by atoms with Crippen molar-refractivity contribution in [1.82, 2.24) is 29.7 Å². The minimum atomic E-state index is -0.425. The van der Waals surface area contributed by atoms with Crippen LogP contribution in [0.2, 0.25) is 0 Å². The van der Waals surface area contributed by atoms with Gasteiger partial charge in [0.25, 0.3) is 5.91 Å². The molecular formula is C26H30N6O4. The fraction of sp³-hybridized carbons (Fsp3) is 0.385. The molecule has 36 heavy (non-hydrogen) atoms. The first-order chi connectivity index (χ1) is 17.4. The van der Waals surface area contributed by atoms with Gasteiger partial charge in [-0.2, -0.15) is 0 Å². The van der Waals surface area contributed by atoms with E-state index in [1.165, 1.54) is 6.33 Å². The number of likely N-dealkylation sites (N-methyl/N-ethyl adjacent to an activating group) is 1. The minimum absolute atomic E-state index is 0.0647. The zero-order valence-electron chi connectivity index (χ0n) is 20.6. The van der Waals surface area contributed by atoms with Crippen molar-refractivity contribution in [3.63, 3.8) is 0 Å². The van der Waals surface area contributed by atoms with E-state index in [9.17, 15) is 14.7 Å². The van der Waals surface area contributed by atoms with Gasteiger partial charge in [-0.15, -0.1) is 0 Å². The van der Waals surface area contributed by atoms with Crippen LogP contribution in [-0.4, -0.2) is 85.5 Å². The molecule has 0 saturated heterocycles. The Morgan fingerprint density at radius 3 is 2.69 bits per heavy atom. The molecule has 0 unspecified atom stereocenters. The van der Waals surface area contributed by atoms with Gasteiger partial charge >= 0.3 is 0 Å². The van der Waals surface area contributed by atoms with Gasteiger partial charge < -0.3 is 19.6 Å². The zero-order valence-corrected chi connectivity index (χ0v) is 20.6. The van der Waals surface area contributed by atoms with Crippen LogP contribution in [0.4, 0.5) is 0 Å². The van der Waals surface area contributed by atoms with Gasteiger partial charge in [0.05, 0.1) is 25.6 Å². The minimum Gasteiger partial charge on any atom is -0.472 e. The second-order valence-corrected chi connectivity index (χ2v) is 9.14. The SMILES string of the molecule is C[C@H](CO)N1C[C@H](C)[C@@H](CN(C)C(=O)Cc2cccnc2)Oc2ncc(-c3cncnc3)cc2C1=O. The van der Waals surface area contributed by atoms with E-state index < -0.39 is 12.1 Å². The maximum Gasteiger partial charge on any atom is 0.259 e. The lowest BCUT2D eigenvalue weighted by Gasteiger charge is -2.37. The molecule has 1 aliphatic heterocycles. The summed E-state index contributed by atoms with van der Waals surface area (Å²) in [5.41, 5.74) is 2.52. The summed E-state index contributed by atoms with van der Waals surface area (Å²) >= 11 is 0. The maximum atomic E-state index is 13.6. The van der Waals surface area contributed by atoms with Gasteiger partial charge in [-0.25, -0.2) is 15.0 Å². The molecule has 0 aromatic carbocycles. The van der Waals surface area contributed by atoms with Crippen molar-refractivity contribution in [2.24, 2.45) is 5.92 Å². The van der Waals surface area contributed by atoms with E-state index >= 15 is 0 Å². The number of hydrogen-bond acceptors (Lipinski definition) is 8. The molecule has 0 bridgehead atoms. The molecule has 1 aliphatic rings. The van der Waals surface area contributed by atoms with Gasteiger partial charge in [-0.05, 0) is 24.6 Å². The predicted molar refractivity (Wildman–Crippen MR) is 132 cm³/mol. The highest BCUT2D eigenvalue weighted by atomic mass is 16.5. The van der Waals surface area contributed by atoms with Crippen LogP contribution in [0.1, 0.15) is 29.8 Å². The molecule has 10 heteroatoms. The van der Waals surface area contributed by atoms with Crippen LogP contribution in [-0.2, 0) is 11.2 Å². The Hall–Kier alpha value is -3.92. The number of ether oxygens (including phenoxy) is 1. The molecule has 2 amide bonds. The van der Waals surface area contributed by atoms with Gasteiger partial charge in [0.2, 0.25) is 11.8 Å². The molecule has 3 aromatic heterocycles. The van der Waals surface area contributed by atoms with Gasteiger partial charge in [-0.3, -0.25) is 14.6 Å². The fourth-order valence-electron chi connectivity index (χ4n) is 4.11. The molecule has 3 atom stereocenters. The Kier molecular flexibility index (Phi) is 7.84. The number of amides is 2. The third-order valence-corrected chi connectivity index (χ3v) is 6.37. The Labute approximate surface area is 210 Å². The van der Waals surface area contributed by atoms with Crippen LogP contribution < -0.4 is 4.74 Å². The number of pyridine rings is 2. The first-order valence-electron chi connectivity index (χ1n) is 11.8. The van der Waals surface area contributed by atoms with Crippen molar-refractivity contribution in [2.45, 2.75) is 32.4 Å². The monoisotopic (exact) mass is 490 g/mol. The molecule has 1 N–H and O–H groups in total. The van der Waals surface area contributed by atoms with E-state index in [-0.39, 0.29) is 42.2 Å². The average molecular weight is 491 g/mol. The number of carbonyl (C=O) groups is 2. The summed E-state index contributed by atoms with van der Waals surface area (Å²) in [5, 5.41) is 9.84. The number of hydrogen-bond donors (Lipinski definition) is 1. The van der Waals surface area contributed by atoms with E-state index in [0.29, 0.717) is 18.7 Å². The number of aliphatic hydroxyl groups is 1. The molecule has 4 heterocycles. The van der Waals surface area contributed by atoms with Crippen LogP contribution in [0.5, 0.6) is 5.88 Å². The highest BCUT2D eigenvalue weighted by Crippen LogP contribution is 2.30. The van der Waals surface area contributed by atoms with Crippen molar-refractivity contribution in [2.75, 3.05) is 26.7 Å². The predicted octanol–water partition coefficient (Wildman–Crippen LogP) is 1.85. The van der Waals surface area contributed by atoms with Crippen molar-refractivity contribution in [3.05, 3.63) is 66.6 Å². The second-order valence-electron chi connectivity index (χ2n) is 9.14. The summed E-state index contributed by atoms with van der Waals surface area (Å²) in [7, 11) is 1.74. The van der Waals surface area contributed by atoms with Crippen LogP contribution >= 0.6 is 0 Å². The Morgan fingerprint density at radius 1 is 1.22 bits per heavy atom.